The van der Waals surface area contributed by atoms with E-state index in [2.05, 4.69) is 6.07 Å². The van der Waals surface area contributed by atoms with Crippen LogP contribution < -0.4 is 0 Å². The largest absolute Gasteiger partial charge is 0.127 e. The van der Waals surface area contributed by atoms with Gasteiger partial charge in [0.15, 0.2) is 0 Å². The van der Waals surface area contributed by atoms with Crippen LogP contribution in [0.4, 0.5) is 0 Å². The summed E-state index contributed by atoms with van der Waals surface area (Å²) in [6.45, 7) is 2.02. The Morgan fingerprint density at radius 2 is 2.08 bits per heavy atom. The van der Waals surface area contributed by atoms with E-state index in [9.17, 15) is 0 Å². The molecular formula is C10H12Cl2. The predicted octanol–water partition coefficient (Wildman–Crippen LogP) is 3.82. The number of benzene rings is 1. The summed E-state index contributed by atoms with van der Waals surface area (Å²) in [6, 6.07) is 6.11. The Morgan fingerprint density at radius 1 is 1.33 bits per heavy atom. The maximum absolute atomic E-state index is 6.09. The minimum Gasteiger partial charge on any atom is -0.127 e. The highest BCUT2D eigenvalue weighted by atomic mass is 35.5. The van der Waals surface area contributed by atoms with Crippen LogP contribution in [0.15, 0.2) is 18.2 Å². The smallest absolute Gasteiger partial charge is 0.0467 e. The fourth-order valence-corrected chi connectivity index (χ4v) is 1.51. The van der Waals surface area contributed by atoms with Crippen molar-refractivity contribution in [2.75, 3.05) is 5.88 Å². The van der Waals surface area contributed by atoms with Gasteiger partial charge in [0.05, 0.1) is 0 Å². The third kappa shape index (κ3) is 2.40. The van der Waals surface area contributed by atoms with Crippen LogP contribution in [0.2, 0.25) is 5.02 Å². The lowest BCUT2D eigenvalue weighted by atomic mass is 10.1. The summed E-state index contributed by atoms with van der Waals surface area (Å²) in [6.07, 6.45) is 1.97. The van der Waals surface area contributed by atoms with Crippen LogP contribution in [0.5, 0.6) is 0 Å². The molecule has 0 saturated heterocycles. The van der Waals surface area contributed by atoms with Crippen LogP contribution in [0.1, 0.15) is 17.5 Å². The second kappa shape index (κ2) is 4.74. The summed E-state index contributed by atoms with van der Waals surface area (Å²) >= 11 is 11.7. The van der Waals surface area contributed by atoms with Gasteiger partial charge in [-0.05, 0) is 30.9 Å². The van der Waals surface area contributed by atoms with E-state index in [0.29, 0.717) is 5.88 Å². The Morgan fingerprint density at radius 3 is 2.75 bits per heavy atom. The van der Waals surface area contributed by atoms with Crippen molar-refractivity contribution in [1.29, 1.82) is 0 Å². The molecule has 66 valence electrons. The zero-order valence-corrected chi connectivity index (χ0v) is 8.62. The van der Waals surface area contributed by atoms with E-state index in [-0.39, 0.29) is 0 Å². The third-order valence-electron chi connectivity index (χ3n) is 1.85. The third-order valence-corrected chi connectivity index (χ3v) is 2.66. The van der Waals surface area contributed by atoms with Gasteiger partial charge in [0.25, 0.3) is 0 Å². The molecule has 0 spiro atoms. The highest BCUT2D eigenvalue weighted by molar-refractivity contribution is 6.32. The van der Waals surface area contributed by atoms with E-state index in [1.165, 1.54) is 5.56 Å². The standard InChI is InChI=1S/C10H12Cl2/c1-8-4-2-5-9(10(8)12)6-3-7-11/h2,4-5H,3,6-7H2,1H3. The Hall–Kier alpha value is -0.200. The topological polar surface area (TPSA) is 0 Å². The van der Waals surface area contributed by atoms with Crippen molar-refractivity contribution in [3.8, 4) is 0 Å². The second-order valence-corrected chi connectivity index (χ2v) is 3.60. The monoisotopic (exact) mass is 202 g/mol. The average Bonchev–Trinajstić information content (AvgIpc) is 2.08. The molecular weight excluding hydrogens is 191 g/mol. The molecule has 0 aromatic heterocycles. The normalized spacial score (nSPS) is 10.2. The van der Waals surface area contributed by atoms with Crippen LogP contribution in [-0.2, 0) is 6.42 Å². The number of rotatable bonds is 3. The van der Waals surface area contributed by atoms with Gasteiger partial charge < -0.3 is 0 Å². The Bertz CT molecular complexity index is 256. The lowest BCUT2D eigenvalue weighted by Gasteiger charge is -2.04. The molecule has 0 fully saturated rings. The molecule has 0 aliphatic rings. The van der Waals surface area contributed by atoms with Gasteiger partial charge in [0.2, 0.25) is 0 Å². The van der Waals surface area contributed by atoms with E-state index in [0.717, 1.165) is 23.4 Å². The van der Waals surface area contributed by atoms with Crippen LogP contribution in [0.3, 0.4) is 0 Å². The van der Waals surface area contributed by atoms with Crippen molar-refractivity contribution >= 4 is 23.2 Å². The molecule has 0 nitrogen and oxygen atoms in total. The van der Waals surface area contributed by atoms with Gasteiger partial charge in [-0.3, -0.25) is 0 Å². The SMILES string of the molecule is Cc1cccc(CCCCl)c1Cl. The van der Waals surface area contributed by atoms with Crippen molar-refractivity contribution in [3.63, 3.8) is 0 Å². The van der Waals surface area contributed by atoms with Gasteiger partial charge in [-0.2, -0.15) is 0 Å². The fourth-order valence-electron chi connectivity index (χ4n) is 1.16. The van der Waals surface area contributed by atoms with E-state index in [1.54, 1.807) is 0 Å². The fraction of sp³-hybridized carbons (Fsp3) is 0.400. The first-order valence-electron chi connectivity index (χ1n) is 4.05. The number of hydrogen-bond acceptors (Lipinski definition) is 0. The van der Waals surface area contributed by atoms with Gasteiger partial charge >= 0.3 is 0 Å². The molecule has 0 aliphatic heterocycles. The van der Waals surface area contributed by atoms with Crippen LogP contribution in [0.25, 0.3) is 0 Å². The molecule has 1 rings (SSSR count). The van der Waals surface area contributed by atoms with Gasteiger partial charge in [-0.1, -0.05) is 29.8 Å². The van der Waals surface area contributed by atoms with E-state index < -0.39 is 0 Å². The van der Waals surface area contributed by atoms with Crippen molar-refractivity contribution < 1.29 is 0 Å². The number of hydrogen-bond donors (Lipinski definition) is 0. The molecule has 0 atom stereocenters. The number of alkyl halides is 1. The zero-order chi connectivity index (χ0) is 8.97. The molecule has 0 unspecified atom stereocenters. The molecule has 0 radical (unpaired) electrons. The molecule has 1 aromatic rings. The van der Waals surface area contributed by atoms with Crippen molar-refractivity contribution in [1.82, 2.24) is 0 Å². The first kappa shape index (κ1) is 9.88. The number of halogens is 2. The molecule has 1 aromatic carbocycles. The summed E-state index contributed by atoms with van der Waals surface area (Å²) in [4.78, 5) is 0. The highest BCUT2D eigenvalue weighted by Gasteiger charge is 2.01. The Kier molecular flexibility index (Phi) is 3.90. The maximum Gasteiger partial charge on any atom is 0.0467 e. The van der Waals surface area contributed by atoms with Crippen LogP contribution in [0, 0.1) is 6.92 Å². The van der Waals surface area contributed by atoms with E-state index >= 15 is 0 Å². The van der Waals surface area contributed by atoms with Gasteiger partial charge in [0.1, 0.15) is 0 Å². The minimum absolute atomic E-state index is 0.699. The Labute approximate surface area is 83.5 Å². The van der Waals surface area contributed by atoms with Gasteiger partial charge in [-0.25, -0.2) is 0 Å². The van der Waals surface area contributed by atoms with Gasteiger partial charge in [0, 0.05) is 10.9 Å². The minimum atomic E-state index is 0.699. The van der Waals surface area contributed by atoms with Crippen LogP contribution in [-0.4, -0.2) is 5.88 Å². The summed E-state index contributed by atoms with van der Waals surface area (Å²) in [5.41, 5.74) is 2.35. The molecule has 2 heteroatoms. The summed E-state index contributed by atoms with van der Waals surface area (Å²) in [7, 11) is 0. The summed E-state index contributed by atoms with van der Waals surface area (Å²) in [5, 5.41) is 0.891. The summed E-state index contributed by atoms with van der Waals surface area (Å²) < 4.78 is 0. The first-order chi connectivity index (χ1) is 5.75. The number of aryl methyl sites for hydroxylation is 2. The van der Waals surface area contributed by atoms with Crippen LogP contribution >= 0.6 is 23.2 Å². The van der Waals surface area contributed by atoms with Crippen molar-refractivity contribution in [3.05, 3.63) is 34.3 Å². The first-order valence-corrected chi connectivity index (χ1v) is 4.97. The lowest BCUT2D eigenvalue weighted by molar-refractivity contribution is 0.927. The molecule has 12 heavy (non-hydrogen) atoms. The second-order valence-electron chi connectivity index (χ2n) is 2.84. The van der Waals surface area contributed by atoms with Crippen molar-refractivity contribution in [2.45, 2.75) is 19.8 Å². The van der Waals surface area contributed by atoms with Gasteiger partial charge in [-0.15, -0.1) is 11.6 Å². The highest BCUT2D eigenvalue weighted by Crippen LogP contribution is 2.21. The molecule has 0 amide bonds. The predicted molar refractivity (Wildman–Crippen MR) is 55.2 cm³/mol. The van der Waals surface area contributed by atoms with Crippen molar-refractivity contribution in [2.24, 2.45) is 0 Å². The van der Waals surface area contributed by atoms with E-state index in [1.807, 2.05) is 19.1 Å². The average molecular weight is 203 g/mol. The molecule has 0 heterocycles. The van der Waals surface area contributed by atoms with E-state index in [4.69, 9.17) is 23.2 Å². The lowest BCUT2D eigenvalue weighted by Crippen LogP contribution is -1.89. The molecule has 0 saturated carbocycles. The maximum atomic E-state index is 6.09. The summed E-state index contributed by atoms with van der Waals surface area (Å²) in [5.74, 6) is 0.699. The quantitative estimate of drug-likeness (QED) is 0.655. The molecule has 0 aliphatic carbocycles. The zero-order valence-electron chi connectivity index (χ0n) is 7.11. The molecule has 0 bridgehead atoms. The molecule has 0 N–H and O–H groups in total. The Balaban J connectivity index is 2.78.